The molecule has 0 saturated carbocycles. The molecule has 3 rings (SSSR count). The summed E-state index contributed by atoms with van der Waals surface area (Å²) in [5.41, 5.74) is 1.33. The molecule has 0 amide bonds. The van der Waals surface area contributed by atoms with Gasteiger partial charge in [0.15, 0.2) is 5.65 Å². The first-order valence-corrected chi connectivity index (χ1v) is 5.81. The number of aromatic amines is 1. The van der Waals surface area contributed by atoms with Crippen LogP contribution in [0.3, 0.4) is 0 Å². The van der Waals surface area contributed by atoms with Gasteiger partial charge in [0.25, 0.3) is 0 Å². The van der Waals surface area contributed by atoms with E-state index in [0.29, 0.717) is 23.8 Å². The van der Waals surface area contributed by atoms with E-state index >= 15 is 0 Å². The second kappa shape index (κ2) is 4.52. The fraction of sp³-hybridized carbons (Fsp3) is 0.167. The Hall–Kier alpha value is -2.70. The second-order valence-corrected chi connectivity index (χ2v) is 4.13. The van der Waals surface area contributed by atoms with E-state index in [1.807, 2.05) is 12.1 Å². The van der Waals surface area contributed by atoms with E-state index in [9.17, 15) is 4.79 Å². The predicted octanol–water partition coefficient (Wildman–Crippen LogP) is 0.733. The van der Waals surface area contributed by atoms with Crippen LogP contribution in [0.1, 0.15) is 11.4 Å². The van der Waals surface area contributed by atoms with Gasteiger partial charge in [-0.15, -0.1) is 0 Å². The monoisotopic (exact) mass is 256 g/mol. The highest BCUT2D eigenvalue weighted by atomic mass is 16.1. The average molecular weight is 256 g/mol. The molecule has 0 unspecified atom stereocenters. The summed E-state index contributed by atoms with van der Waals surface area (Å²) in [6.07, 6.45) is 3.52. The van der Waals surface area contributed by atoms with Crippen LogP contribution in [-0.4, -0.2) is 24.6 Å². The van der Waals surface area contributed by atoms with Crippen LogP contribution in [0.25, 0.3) is 5.65 Å². The van der Waals surface area contributed by atoms with Crippen LogP contribution in [0.4, 0.5) is 5.82 Å². The lowest BCUT2D eigenvalue weighted by Gasteiger charge is -2.06. The number of aryl methyl sites for hydroxylation is 1. The van der Waals surface area contributed by atoms with Crippen LogP contribution in [-0.2, 0) is 6.54 Å². The zero-order chi connectivity index (χ0) is 13.2. The molecular weight excluding hydrogens is 244 g/mol. The third-order valence-corrected chi connectivity index (χ3v) is 2.77. The van der Waals surface area contributed by atoms with Crippen LogP contribution in [0.5, 0.6) is 0 Å². The van der Waals surface area contributed by atoms with E-state index in [1.165, 1.54) is 4.40 Å². The van der Waals surface area contributed by atoms with Gasteiger partial charge in [-0.25, -0.2) is 19.3 Å². The van der Waals surface area contributed by atoms with Gasteiger partial charge >= 0.3 is 5.69 Å². The summed E-state index contributed by atoms with van der Waals surface area (Å²) in [4.78, 5) is 19.8. The number of anilines is 1. The van der Waals surface area contributed by atoms with Gasteiger partial charge in [-0.05, 0) is 18.6 Å². The summed E-state index contributed by atoms with van der Waals surface area (Å²) >= 11 is 0. The lowest BCUT2D eigenvalue weighted by atomic mass is 10.3. The summed E-state index contributed by atoms with van der Waals surface area (Å²) in [5.74, 6) is 1.26. The van der Waals surface area contributed by atoms with Crippen molar-refractivity contribution < 1.29 is 0 Å². The number of hydrogen-bond donors (Lipinski definition) is 2. The van der Waals surface area contributed by atoms with Gasteiger partial charge in [-0.2, -0.15) is 5.10 Å². The van der Waals surface area contributed by atoms with Crippen molar-refractivity contribution in [3.8, 4) is 0 Å². The largest absolute Gasteiger partial charge is 0.366 e. The van der Waals surface area contributed by atoms with Gasteiger partial charge in [-0.1, -0.05) is 6.07 Å². The number of hydrogen-bond acceptors (Lipinski definition) is 5. The maximum atomic E-state index is 11.5. The van der Waals surface area contributed by atoms with E-state index in [-0.39, 0.29) is 5.69 Å². The minimum absolute atomic E-state index is 0.279. The molecule has 3 heterocycles. The van der Waals surface area contributed by atoms with Crippen LogP contribution < -0.4 is 11.0 Å². The van der Waals surface area contributed by atoms with Gasteiger partial charge in [-0.3, -0.25) is 4.98 Å². The first-order chi connectivity index (χ1) is 9.24. The smallest absolute Gasteiger partial charge is 0.349 e. The fourth-order valence-corrected chi connectivity index (χ4v) is 1.88. The number of pyridine rings is 1. The highest BCUT2D eigenvalue weighted by molar-refractivity contribution is 5.49. The fourth-order valence-electron chi connectivity index (χ4n) is 1.88. The van der Waals surface area contributed by atoms with Crippen molar-refractivity contribution in [2.75, 3.05) is 5.32 Å². The molecule has 0 aliphatic heterocycles. The highest BCUT2D eigenvalue weighted by Crippen LogP contribution is 2.09. The zero-order valence-corrected chi connectivity index (χ0v) is 10.3. The Morgan fingerprint density at radius 2 is 2.37 bits per heavy atom. The SMILES string of the molecule is Cc1nc(NCc2cccnc2)cc2n[nH]c(=O)n12. The topological polar surface area (TPSA) is 88.0 Å². The van der Waals surface area contributed by atoms with Gasteiger partial charge in [0.05, 0.1) is 0 Å². The van der Waals surface area contributed by atoms with Crippen LogP contribution in [0.2, 0.25) is 0 Å². The zero-order valence-electron chi connectivity index (χ0n) is 10.3. The number of rotatable bonds is 3. The van der Waals surface area contributed by atoms with Crippen molar-refractivity contribution in [3.63, 3.8) is 0 Å². The van der Waals surface area contributed by atoms with E-state index in [2.05, 4.69) is 25.5 Å². The Labute approximate surface area is 108 Å². The minimum Gasteiger partial charge on any atom is -0.366 e. The minimum atomic E-state index is -0.279. The summed E-state index contributed by atoms with van der Waals surface area (Å²) in [6.45, 7) is 2.38. The molecule has 0 aliphatic carbocycles. The highest BCUT2D eigenvalue weighted by Gasteiger charge is 2.06. The number of nitrogens with one attached hydrogen (secondary N) is 2. The Morgan fingerprint density at radius 1 is 1.47 bits per heavy atom. The van der Waals surface area contributed by atoms with Crippen LogP contribution >= 0.6 is 0 Å². The molecule has 0 atom stereocenters. The Kier molecular flexibility index (Phi) is 2.71. The van der Waals surface area contributed by atoms with Crippen molar-refractivity contribution in [3.05, 3.63) is 52.5 Å². The third kappa shape index (κ3) is 2.17. The molecule has 7 nitrogen and oxygen atoms in total. The predicted molar refractivity (Wildman–Crippen MR) is 69.9 cm³/mol. The number of nitrogens with zero attached hydrogens (tertiary/aromatic N) is 4. The molecule has 3 aromatic rings. The Balaban J connectivity index is 1.88. The molecule has 19 heavy (non-hydrogen) atoms. The maximum absolute atomic E-state index is 11.5. The Morgan fingerprint density at radius 3 is 3.16 bits per heavy atom. The van der Waals surface area contributed by atoms with Gasteiger partial charge in [0.1, 0.15) is 11.6 Å². The number of H-pyrrole nitrogens is 1. The average Bonchev–Trinajstić information content (AvgIpc) is 2.80. The quantitative estimate of drug-likeness (QED) is 0.721. The first-order valence-electron chi connectivity index (χ1n) is 5.81. The first kappa shape index (κ1) is 11.4. The molecule has 2 N–H and O–H groups in total. The lowest BCUT2D eigenvalue weighted by Crippen LogP contribution is -2.14. The molecule has 0 aliphatic rings. The molecule has 3 aromatic heterocycles. The second-order valence-electron chi connectivity index (χ2n) is 4.13. The van der Waals surface area contributed by atoms with Crippen molar-refractivity contribution in [2.24, 2.45) is 0 Å². The Bertz CT molecular complexity index is 761. The third-order valence-electron chi connectivity index (χ3n) is 2.77. The van der Waals surface area contributed by atoms with E-state index < -0.39 is 0 Å². The van der Waals surface area contributed by atoms with Crippen LogP contribution in [0, 0.1) is 6.92 Å². The van der Waals surface area contributed by atoms with Gasteiger partial charge in [0.2, 0.25) is 0 Å². The molecule has 96 valence electrons. The van der Waals surface area contributed by atoms with Crippen molar-refractivity contribution in [1.82, 2.24) is 24.6 Å². The summed E-state index contributed by atoms with van der Waals surface area (Å²) in [6, 6.07) is 5.58. The molecule has 0 fully saturated rings. The van der Waals surface area contributed by atoms with Gasteiger partial charge < -0.3 is 5.32 Å². The molecule has 0 spiro atoms. The summed E-state index contributed by atoms with van der Waals surface area (Å²) < 4.78 is 1.43. The lowest BCUT2D eigenvalue weighted by molar-refractivity contribution is 0.931. The molecule has 0 radical (unpaired) electrons. The van der Waals surface area contributed by atoms with Crippen molar-refractivity contribution in [1.29, 1.82) is 0 Å². The van der Waals surface area contributed by atoms with E-state index in [0.717, 1.165) is 5.56 Å². The molecule has 0 aromatic carbocycles. The van der Waals surface area contributed by atoms with E-state index in [4.69, 9.17) is 0 Å². The molecular formula is C12H12N6O. The molecule has 7 heteroatoms. The molecule has 0 saturated heterocycles. The molecule has 0 bridgehead atoms. The van der Waals surface area contributed by atoms with Crippen LogP contribution in [0.15, 0.2) is 35.4 Å². The van der Waals surface area contributed by atoms with Crippen molar-refractivity contribution in [2.45, 2.75) is 13.5 Å². The standard InChI is InChI=1S/C12H12N6O/c1-8-15-10(5-11-16-17-12(19)18(8)11)14-7-9-3-2-4-13-6-9/h2-6,14H,7H2,1H3,(H,17,19). The normalized spacial score (nSPS) is 10.8. The van der Waals surface area contributed by atoms with Gasteiger partial charge in [0, 0.05) is 25.0 Å². The van der Waals surface area contributed by atoms with E-state index in [1.54, 1.807) is 25.4 Å². The summed E-state index contributed by atoms with van der Waals surface area (Å²) in [7, 11) is 0. The number of fused-ring (bicyclic) bond motifs is 1. The summed E-state index contributed by atoms with van der Waals surface area (Å²) in [5, 5.41) is 9.51. The maximum Gasteiger partial charge on any atom is 0.349 e. The van der Waals surface area contributed by atoms with Crippen molar-refractivity contribution >= 4 is 11.5 Å². The number of aromatic nitrogens is 5.